The third-order valence-electron chi connectivity index (χ3n) is 13.6. The number of imidazole rings is 1. The number of hydroxylamine groups is 2. The van der Waals surface area contributed by atoms with E-state index in [1.165, 1.54) is 5.57 Å². The summed E-state index contributed by atoms with van der Waals surface area (Å²) < 4.78 is 51.0. The lowest BCUT2D eigenvalue weighted by Gasteiger charge is -2.43. The lowest BCUT2D eigenvalue weighted by atomic mass is 9.85. The zero-order chi connectivity index (χ0) is 46.7. The Labute approximate surface area is 381 Å². The van der Waals surface area contributed by atoms with Gasteiger partial charge in [0.25, 0.3) is 23.5 Å². The van der Waals surface area contributed by atoms with E-state index in [1.807, 2.05) is 55.9 Å². The highest BCUT2D eigenvalue weighted by Crippen LogP contribution is 2.46. The molecular weight excluding hydrogens is 849 g/mol. The van der Waals surface area contributed by atoms with Crippen LogP contribution in [0.5, 0.6) is 11.5 Å². The van der Waals surface area contributed by atoms with Gasteiger partial charge < -0.3 is 23.9 Å². The van der Waals surface area contributed by atoms with Crippen LogP contribution in [0.15, 0.2) is 48.8 Å². The molecule has 2 aromatic carbocycles. The smallest absolute Gasteiger partial charge is 0.336 e. The molecule has 0 unspecified atom stereocenters. The molecule has 0 N–H and O–H groups in total. The van der Waals surface area contributed by atoms with Crippen molar-refractivity contribution in [1.29, 1.82) is 0 Å². The summed E-state index contributed by atoms with van der Waals surface area (Å²) in [7, 11) is -4.66. The Morgan fingerprint density at radius 1 is 0.908 bits per heavy atom. The van der Waals surface area contributed by atoms with Crippen molar-refractivity contribution >= 4 is 56.2 Å². The van der Waals surface area contributed by atoms with Crippen molar-refractivity contribution in [3.05, 3.63) is 81.9 Å². The van der Waals surface area contributed by atoms with Crippen LogP contribution < -0.4 is 29.4 Å². The summed E-state index contributed by atoms with van der Waals surface area (Å²) in [6, 6.07) is 8.27. The van der Waals surface area contributed by atoms with E-state index in [0.717, 1.165) is 59.0 Å². The fourth-order valence-electron chi connectivity index (χ4n) is 10.5. The molecule has 0 bridgehead atoms. The van der Waals surface area contributed by atoms with Crippen LogP contribution in [-0.4, -0.2) is 94.2 Å². The minimum absolute atomic E-state index is 0.0128. The van der Waals surface area contributed by atoms with Crippen molar-refractivity contribution in [1.82, 2.24) is 19.1 Å². The SMILES string of the molecule is CCCCn1cc[n+](CC(=O)N2CCC(C(=O)ON3C(=O)CCC3=O)CC2)c1C1=c2cc3c(cc2Oc2cc4c(cc21)C(CS(=O)(=O)[O-])=CC(C)(C)N4CC)=[N+](CC)C(C)(C)C=C3CC. The van der Waals surface area contributed by atoms with Crippen LogP contribution in [0.4, 0.5) is 5.69 Å². The Hall–Kier alpha value is -5.61. The first-order chi connectivity index (χ1) is 30.8. The van der Waals surface area contributed by atoms with Gasteiger partial charge >= 0.3 is 5.97 Å². The average molecular weight is 910 g/mol. The predicted molar refractivity (Wildman–Crippen MR) is 244 cm³/mol. The number of rotatable bonds is 13. The number of imide groups is 1. The minimum atomic E-state index is -4.66. The molecule has 5 aliphatic heterocycles. The fourth-order valence-corrected chi connectivity index (χ4v) is 11.1. The Morgan fingerprint density at radius 3 is 2.25 bits per heavy atom. The Balaban J connectivity index is 1.28. The molecule has 8 rings (SSSR count). The second-order valence-corrected chi connectivity index (χ2v) is 20.2. The largest absolute Gasteiger partial charge is 0.748 e. The quantitative estimate of drug-likeness (QED) is 0.107. The number of ether oxygens (including phenoxy) is 1. The number of likely N-dealkylation sites (N-methyl/N-ethyl adjacent to an activating group) is 2. The van der Waals surface area contributed by atoms with Gasteiger partial charge in [0, 0.05) is 80.0 Å². The van der Waals surface area contributed by atoms with E-state index in [-0.39, 0.29) is 30.8 Å². The molecule has 15 nitrogen and oxygen atoms in total. The number of nitrogens with zero attached hydrogens (tertiary/aromatic N) is 6. The molecule has 0 spiro atoms. The molecular formula is C49H61N6O9S+. The number of anilines is 1. The highest BCUT2D eigenvalue weighted by Gasteiger charge is 2.41. The van der Waals surface area contributed by atoms with Crippen molar-refractivity contribution in [3.8, 4) is 11.5 Å². The van der Waals surface area contributed by atoms with E-state index in [9.17, 15) is 32.1 Å². The Bertz CT molecular complexity index is 2800. The lowest BCUT2D eigenvalue weighted by Crippen LogP contribution is -2.50. The van der Waals surface area contributed by atoms with Gasteiger partial charge in [-0.05, 0) is 82.7 Å². The van der Waals surface area contributed by atoms with E-state index in [0.29, 0.717) is 72.3 Å². The summed E-state index contributed by atoms with van der Waals surface area (Å²) in [6.07, 6.45) is 11.4. The third kappa shape index (κ3) is 8.55. The first-order valence-electron chi connectivity index (χ1n) is 23.1. The summed E-state index contributed by atoms with van der Waals surface area (Å²) in [4.78, 5) is 60.7. The highest BCUT2D eigenvalue weighted by molar-refractivity contribution is 7.86. The number of benzene rings is 2. The number of hydrogen-bond donors (Lipinski definition) is 0. The number of allylic oxidation sites excluding steroid dienone is 1. The Kier molecular flexibility index (Phi) is 12.2. The lowest BCUT2D eigenvalue weighted by molar-refractivity contribution is -0.686. The molecule has 65 heavy (non-hydrogen) atoms. The van der Waals surface area contributed by atoms with Crippen LogP contribution >= 0.6 is 0 Å². The van der Waals surface area contributed by atoms with E-state index in [4.69, 9.17) is 9.57 Å². The summed E-state index contributed by atoms with van der Waals surface area (Å²) in [5.74, 6) is -1.10. The van der Waals surface area contributed by atoms with E-state index >= 15 is 0 Å². The second kappa shape index (κ2) is 17.3. The molecule has 6 heterocycles. The number of unbranched alkanes of at least 4 members (excludes halogenated alkanes) is 1. The summed E-state index contributed by atoms with van der Waals surface area (Å²) in [5.41, 5.74) is 4.77. The molecule has 3 aromatic rings. The van der Waals surface area contributed by atoms with E-state index < -0.39 is 45.1 Å². The van der Waals surface area contributed by atoms with Crippen molar-refractivity contribution in [2.24, 2.45) is 5.92 Å². The van der Waals surface area contributed by atoms with E-state index in [1.54, 1.807) is 4.90 Å². The topological polar surface area (TPSA) is 165 Å². The van der Waals surface area contributed by atoms with Gasteiger partial charge in [0.05, 0.1) is 45.5 Å². The van der Waals surface area contributed by atoms with Crippen LogP contribution in [-0.2, 0) is 47.2 Å². The maximum atomic E-state index is 14.4. The molecule has 2 saturated heterocycles. The number of aryl methyl sites for hydroxylation is 1. The van der Waals surface area contributed by atoms with Crippen molar-refractivity contribution in [2.75, 3.05) is 36.8 Å². The number of carbonyl (C=O) groups is 4. The van der Waals surface area contributed by atoms with Crippen molar-refractivity contribution < 1.29 is 46.3 Å². The second-order valence-electron chi connectivity index (χ2n) is 18.8. The number of fused-ring (bicyclic) bond motifs is 4. The van der Waals surface area contributed by atoms with Gasteiger partial charge in [0.15, 0.2) is 12.1 Å². The standard InChI is InChI=1S/C49H61N6O9S/c1-9-13-18-51-21-22-52(29-44(58)50-19-16-32(17-20-50)47(59)64-55-42(56)14-15-43(55)57)46(51)45-36-23-34-31(10-2)27-48(5,6)53(11-3)38(34)25-40(36)63-41-26-39-35(24-37(41)45)33(30-65(60,61)62)28-49(7,8)54(39)12-4/h21-28,32H,9-20,29-30H2,1-8H3/q+1. The van der Waals surface area contributed by atoms with Crippen LogP contribution in [0.1, 0.15) is 123 Å². The van der Waals surface area contributed by atoms with Crippen molar-refractivity contribution in [3.63, 3.8) is 0 Å². The van der Waals surface area contributed by atoms with Gasteiger partial charge in [-0.3, -0.25) is 14.4 Å². The molecule has 1 aromatic heterocycles. The van der Waals surface area contributed by atoms with Gasteiger partial charge in [0.1, 0.15) is 30.4 Å². The summed E-state index contributed by atoms with van der Waals surface area (Å²) in [6.45, 7) is 19.5. The van der Waals surface area contributed by atoms with Crippen LogP contribution in [0.2, 0.25) is 0 Å². The maximum Gasteiger partial charge on any atom is 0.336 e. The summed E-state index contributed by atoms with van der Waals surface area (Å²) >= 11 is 0. The molecule has 16 heteroatoms. The molecule has 0 aliphatic carbocycles. The normalized spacial score (nSPS) is 19.0. The molecule has 0 saturated carbocycles. The summed E-state index contributed by atoms with van der Waals surface area (Å²) in [5, 5.41) is 2.46. The molecule has 3 amide bonds. The fraction of sp³-hybridized carbons (Fsp3) is 0.510. The first-order valence-corrected chi connectivity index (χ1v) is 24.7. The number of likely N-dealkylation sites (tertiary alicyclic amines) is 1. The van der Waals surface area contributed by atoms with Gasteiger partial charge in [-0.25, -0.2) is 26.9 Å². The number of amides is 3. The molecule has 346 valence electrons. The zero-order valence-electron chi connectivity index (χ0n) is 38.9. The average Bonchev–Trinajstić information content (AvgIpc) is 3.79. The monoisotopic (exact) mass is 909 g/mol. The third-order valence-corrected chi connectivity index (χ3v) is 14.3. The number of carbonyl (C=O) groups excluding carboxylic acids is 4. The Morgan fingerprint density at radius 2 is 1.62 bits per heavy atom. The predicted octanol–water partition coefficient (Wildman–Crippen LogP) is 4.42. The van der Waals surface area contributed by atoms with Crippen molar-refractivity contribution in [2.45, 2.75) is 125 Å². The van der Waals surface area contributed by atoms with Gasteiger partial charge in [-0.15, -0.1) is 5.06 Å². The van der Waals surface area contributed by atoms with E-state index in [2.05, 4.69) is 66.9 Å². The number of piperidine rings is 1. The van der Waals surface area contributed by atoms with Crippen LogP contribution in [0, 0.1) is 5.92 Å². The number of aromatic nitrogens is 2. The van der Waals surface area contributed by atoms with Gasteiger partial charge in [-0.1, -0.05) is 26.3 Å². The molecule has 0 atom stereocenters. The molecule has 0 radical (unpaired) electrons. The van der Waals surface area contributed by atoms with Gasteiger partial charge in [-0.2, -0.15) is 0 Å². The maximum absolute atomic E-state index is 14.4. The molecule has 5 aliphatic rings. The zero-order valence-corrected chi connectivity index (χ0v) is 39.7. The van der Waals surface area contributed by atoms with Crippen LogP contribution in [0.3, 0.4) is 0 Å². The first kappa shape index (κ1) is 45.9. The van der Waals surface area contributed by atoms with Gasteiger partial charge in [0.2, 0.25) is 5.36 Å². The van der Waals surface area contributed by atoms with Crippen LogP contribution in [0.25, 0.3) is 16.7 Å². The number of hydrogen-bond acceptors (Lipinski definition) is 10. The highest BCUT2D eigenvalue weighted by atomic mass is 32.2. The molecule has 2 fully saturated rings. The minimum Gasteiger partial charge on any atom is -0.748 e.